The number of carbonyl (C=O) groups is 1. The Hall–Kier alpha value is -2.08. The molecule has 1 saturated carbocycles. The highest BCUT2D eigenvalue weighted by Gasteiger charge is 2.40. The van der Waals surface area contributed by atoms with Crippen LogP contribution < -0.4 is 0 Å². The molecule has 30 heavy (non-hydrogen) atoms. The van der Waals surface area contributed by atoms with E-state index in [2.05, 4.69) is 16.1 Å². The second-order valence-electron chi connectivity index (χ2n) is 9.11. The van der Waals surface area contributed by atoms with Crippen molar-refractivity contribution < 1.29 is 20.1 Å². The van der Waals surface area contributed by atoms with Gasteiger partial charge in [-0.05, 0) is 62.8 Å². The van der Waals surface area contributed by atoms with Crippen LogP contribution in [0.3, 0.4) is 0 Å². The summed E-state index contributed by atoms with van der Waals surface area (Å²) >= 11 is 0. The standard InChI is InChI=1S/C23H37N3O4/c1-16(2)13-14-23(3,4)21(28)12-11-18-17(19(25-26-24)15-20(18)27)9-7-5-6-8-10-22(29)30/h5,7,11-13,17-21,27-28H,6,8-10,14-15H2,1-4H3,(H,29,30)/t17-,18-,19+,20-,21+/m1/s1. The summed E-state index contributed by atoms with van der Waals surface area (Å²) in [7, 11) is 0. The normalized spacial score (nSPS) is 25.4. The summed E-state index contributed by atoms with van der Waals surface area (Å²) in [6.45, 7) is 8.07. The van der Waals surface area contributed by atoms with Crippen LogP contribution in [0.25, 0.3) is 10.4 Å². The monoisotopic (exact) mass is 419 g/mol. The molecule has 3 N–H and O–H groups in total. The highest BCUT2D eigenvalue weighted by Crippen LogP contribution is 2.39. The molecule has 0 amide bonds. The third kappa shape index (κ3) is 8.74. The molecule has 168 valence electrons. The lowest BCUT2D eigenvalue weighted by atomic mass is 9.81. The van der Waals surface area contributed by atoms with E-state index >= 15 is 0 Å². The second-order valence-corrected chi connectivity index (χ2v) is 9.11. The van der Waals surface area contributed by atoms with Gasteiger partial charge in [0.15, 0.2) is 0 Å². The molecule has 1 aliphatic carbocycles. The van der Waals surface area contributed by atoms with Gasteiger partial charge in [0.05, 0.1) is 12.2 Å². The van der Waals surface area contributed by atoms with Crippen molar-refractivity contribution in [2.24, 2.45) is 22.4 Å². The quantitative estimate of drug-likeness (QED) is 0.133. The van der Waals surface area contributed by atoms with Gasteiger partial charge >= 0.3 is 5.97 Å². The summed E-state index contributed by atoms with van der Waals surface area (Å²) in [5.74, 6) is -1.07. The van der Waals surface area contributed by atoms with Crippen molar-refractivity contribution in [3.8, 4) is 0 Å². The van der Waals surface area contributed by atoms with Crippen molar-refractivity contribution >= 4 is 5.97 Å². The molecule has 0 bridgehead atoms. The number of aliphatic hydroxyl groups is 2. The van der Waals surface area contributed by atoms with E-state index < -0.39 is 18.2 Å². The predicted molar refractivity (Wildman–Crippen MR) is 119 cm³/mol. The molecular weight excluding hydrogens is 382 g/mol. The van der Waals surface area contributed by atoms with Crippen LogP contribution in [0, 0.1) is 17.3 Å². The van der Waals surface area contributed by atoms with Crippen LogP contribution in [-0.4, -0.2) is 39.5 Å². The molecule has 0 spiro atoms. The molecule has 0 aromatic rings. The maximum Gasteiger partial charge on any atom is 0.303 e. The number of azide groups is 1. The molecule has 0 saturated heterocycles. The summed E-state index contributed by atoms with van der Waals surface area (Å²) in [6.07, 6.45) is 11.5. The van der Waals surface area contributed by atoms with Gasteiger partial charge in [0, 0.05) is 23.3 Å². The van der Waals surface area contributed by atoms with Gasteiger partial charge in [-0.15, -0.1) is 0 Å². The lowest BCUT2D eigenvalue weighted by Gasteiger charge is -2.28. The largest absolute Gasteiger partial charge is 0.481 e. The minimum Gasteiger partial charge on any atom is -0.481 e. The van der Waals surface area contributed by atoms with Gasteiger partial charge in [-0.1, -0.05) is 54.9 Å². The molecular formula is C23H37N3O4. The number of carboxylic acid groups (broad SMARTS) is 1. The maximum absolute atomic E-state index is 10.7. The van der Waals surface area contributed by atoms with Crippen molar-refractivity contribution in [2.75, 3.05) is 0 Å². The Bertz CT molecular complexity index is 689. The summed E-state index contributed by atoms with van der Waals surface area (Å²) < 4.78 is 0. The van der Waals surface area contributed by atoms with Gasteiger partial charge in [0.1, 0.15) is 0 Å². The number of aliphatic hydroxyl groups excluding tert-OH is 2. The van der Waals surface area contributed by atoms with E-state index in [0.717, 1.165) is 6.42 Å². The second kappa shape index (κ2) is 12.6. The van der Waals surface area contributed by atoms with Gasteiger partial charge in [0.25, 0.3) is 0 Å². The fourth-order valence-corrected chi connectivity index (χ4v) is 3.73. The molecule has 0 radical (unpaired) electrons. The van der Waals surface area contributed by atoms with Crippen LogP contribution in [-0.2, 0) is 4.79 Å². The van der Waals surface area contributed by atoms with Gasteiger partial charge in [-0.25, -0.2) is 0 Å². The fourth-order valence-electron chi connectivity index (χ4n) is 3.73. The molecule has 0 heterocycles. The zero-order chi connectivity index (χ0) is 22.7. The zero-order valence-electron chi connectivity index (χ0n) is 18.6. The van der Waals surface area contributed by atoms with Crippen molar-refractivity contribution in [3.63, 3.8) is 0 Å². The fraction of sp³-hybridized carbons (Fsp3) is 0.696. The Kier molecular flexibility index (Phi) is 10.9. The summed E-state index contributed by atoms with van der Waals surface area (Å²) in [6, 6.07) is -0.306. The van der Waals surface area contributed by atoms with Crippen molar-refractivity contribution in [3.05, 3.63) is 46.4 Å². The van der Waals surface area contributed by atoms with Crippen LogP contribution >= 0.6 is 0 Å². The first-order chi connectivity index (χ1) is 14.1. The lowest BCUT2D eigenvalue weighted by Crippen LogP contribution is -2.28. The first-order valence-corrected chi connectivity index (χ1v) is 10.7. The minimum absolute atomic E-state index is 0.0593. The summed E-state index contributed by atoms with van der Waals surface area (Å²) in [5, 5.41) is 33.8. The number of nitrogens with zero attached hydrogens (tertiary/aromatic N) is 3. The average molecular weight is 420 g/mol. The Morgan fingerprint density at radius 2 is 2.03 bits per heavy atom. The first-order valence-electron chi connectivity index (χ1n) is 10.7. The molecule has 5 atom stereocenters. The van der Waals surface area contributed by atoms with Crippen molar-refractivity contribution in [1.29, 1.82) is 0 Å². The molecule has 1 aliphatic rings. The predicted octanol–water partition coefficient (Wildman–Crippen LogP) is 5.16. The number of hydrogen-bond acceptors (Lipinski definition) is 4. The van der Waals surface area contributed by atoms with Gasteiger partial charge < -0.3 is 15.3 Å². The van der Waals surface area contributed by atoms with E-state index in [0.29, 0.717) is 25.7 Å². The topological polar surface area (TPSA) is 127 Å². The molecule has 0 aliphatic heterocycles. The van der Waals surface area contributed by atoms with E-state index in [9.17, 15) is 15.0 Å². The Morgan fingerprint density at radius 1 is 1.33 bits per heavy atom. The lowest BCUT2D eigenvalue weighted by molar-refractivity contribution is -0.137. The van der Waals surface area contributed by atoms with E-state index in [1.807, 2.05) is 45.9 Å². The number of unbranched alkanes of at least 4 members (excludes halogenated alkanes) is 1. The third-order valence-electron chi connectivity index (χ3n) is 5.80. The minimum atomic E-state index is -0.804. The smallest absolute Gasteiger partial charge is 0.303 e. The van der Waals surface area contributed by atoms with E-state index in [1.54, 1.807) is 6.08 Å². The number of rotatable bonds is 12. The maximum atomic E-state index is 10.7. The molecule has 0 unspecified atom stereocenters. The van der Waals surface area contributed by atoms with Crippen LogP contribution in [0.15, 0.2) is 41.1 Å². The third-order valence-corrected chi connectivity index (χ3v) is 5.80. The number of hydrogen-bond donors (Lipinski definition) is 3. The van der Waals surface area contributed by atoms with E-state index in [-0.39, 0.29) is 29.7 Å². The number of allylic oxidation sites excluding steroid dienone is 4. The summed E-state index contributed by atoms with van der Waals surface area (Å²) in [5.41, 5.74) is 9.75. The van der Waals surface area contributed by atoms with Crippen LogP contribution in [0.4, 0.5) is 0 Å². The molecule has 1 rings (SSSR count). The van der Waals surface area contributed by atoms with Crippen LogP contribution in [0.2, 0.25) is 0 Å². The highest BCUT2D eigenvalue weighted by molar-refractivity contribution is 5.66. The van der Waals surface area contributed by atoms with Crippen molar-refractivity contribution in [1.82, 2.24) is 0 Å². The molecule has 0 aromatic heterocycles. The summed E-state index contributed by atoms with van der Waals surface area (Å²) in [4.78, 5) is 13.5. The number of carboxylic acids is 1. The van der Waals surface area contributed by atoms with Gasteiger partial charge in [-0.2, -0.15) is 0 Å². The van der Waals surface area contributed by atoms with Crippen molar-refractivity contribution in [2.45, 2.75) is 84.5 Å². The Balaban J connectivity index is 2.83. The van der Waals surface area contributed by atoms with Crippen LogP contribution in [0.1, 0.15) is 66.2 Å². The SMILES string of the molecule is CC(C)=CCC(C)(C)[C@@H](O)C=C[C@@H]1[C@@H](CC=CCCCC(=O)O)[C@@H](N=[N+]=[N-])C[C@H]1O. The zero-order valence-corrected chi connectivity index (χ0v) is 18.6. The van der Waals surface area contributed by atoms with Crippen LogP contribution in [0.5, 0.6) is 0 Å². The van der Waals surface area contributed by atoms with E-state index in [4.69, 9.17) is 10.6 Å². The number of aliphatic carboxylic acids is 1. The first kappa shape index (κ1) is 26.0. The van der Waals surface area contributed by atoms with Gasteiger partial charge in [0.2, 0.25) is 0 Å². The molecule has 0 aromatic carbocycles. The Labute approximate surface area is 179 Å². The Morgan fingerprint density at radius 3 is 2.63 bits per heavy atom. The molecule has 7 nitrogen and oxygen atoms in total. The average Bonchev–Trinajstić information content (AvgIpc) is 2.95. The van der Waals surface area contributed by atoms with E-state index in [1.165, 1.54) is 5.57 Å². The molecule has 1 fully saturated rings. The molecule has 7 heteroatoms. The highest BCUT2D eigenvalue weighted by atomic mass is 16.4. The van der Waals surface area contributed by atoms with Gasteiger partial charge in [-0.3, -0.25) is 4.79 Å².